The van der Waals surface area contributed by atoms with Gasteiger partial charge in [0.25, 0.3) is 5.91 Å². The fraction of sp³-hybridized carbons (Fsp3) is 0.0741. The van der Waals surface area contributed by atoms with Crippen LogP contribution in [0.2, 0.25) is 10.0 Å². The number of esters is 1. The van der Waals surface area contributed by atoms with Crippen LogP contribution in [0.15, 0.2) is 84.0 Å². The number of rotatable bonds is 8. The van der Waals surface area contributed by atoms with Crippen LogP contribution in [0, 0.1) is 0 Å². The number of hydrogen-bond acceptors (Lipinski definition) is 6. The third-order valence-corrected chi connectivity index (χ3v) is 5.58. The van der Waals surface area contributed by atoms with Gasteiger partial charge in [-0.25, -0.2) is 10.2 Å². The smallest absolute Gasteiger partial charge is 0.345 e. The standard InChI is InChI=1S/C27H20Cl2N2O5/c1-34-25-12-17(6-11-24(25)36-27(33)22-10-8-20(28)14-23(22)29)15-30-31-26(32)16-35-21-9-7-18-4-2-3-5-19(18)13-21/h2-15H,16H2,1H3,(H,31,32)/b30-15+. The first-order chi connectivity index (χ1) is 17.4. The molecule has 0 saturated heterocycles. The molecule has 0 radical (unpaired) electrons. The molecule has 9 heteroatoms. The van der Waals surface area contributed by atoms with Gasteiger partial charge in [0.05, 0.1) is 23.9 Å². The molecule has 0 bridgehead atoms. The summed E-state index contributed by atoms with van der Waals surface area (Å²) in [6.45, 7) is -0.193. The Labute approximate surface area is 217 Å². The number of hydrazone groups is 1. The topological polar surface area (TPSA) is 86.2 Å². The first kappa shape index (κ1) is 25.0. The molecule has 0 saturated carbocycles. The summed E-state index contributed by atoms with van der Waals surface area (Å²) in [6.07, 6.45) is 1.43. The molecule has 7 nitrogen and oxygen atoms in total. The number of hydrogen-bond donors (Lipinski definition) is 1. The van der Waals surface area contributed by atoms with Crippen molar-refractivity contribution in [3.8, 4) is 17.2 Å². The summed E-state index contributed by atoms with van der Waals surface area (Å²) >= 11 is 11.9. The van der Waals surface area contributed by atoms with E-state index in [1.54, 1.807) is 30.3 Å². The van der Waals surface area contributed by atoms with Crippen molar-refractivity contribution in [2.75, 3.05) is 13.7 Å². The van der Waals surface area contributed by atoms with E-state index in [0.717, 1.165) is 10.8 Å². The van der Waals surface area contributed by atoms with E-state index in [9.17, 15) is 9.59 Å². The Bertz CT molecular complexity index is 1460. The zero-order valence-electron chi connectivity index (χ0n) is 19.0. The minimum Gasteiger partial charge on any atom is -0.493 e. The van der Waals surface area contributed by atoms with Crippen LogP contribution >= 0.6 is 23.2 Å². The predicted molar refractivity (Wildman–Crippen MR) is 140 cm³/mol. The number of halogens is 2. The van der Waals surface area contributed by atoms with Crippen LogP contribution in [0.4, 0.5) is 0 Å². The van der Waals surface area contributed by atoms with Gasteiger partial charge < -0.3 is 14.2 Å². The second kappa shape index (κ2) is 11.6. The lowest BCUT2D eigenvalue weighted by Gasteiger charge is -2.10. The summed E-state index contributed by atoms with van der Waals surface area (Å²) < 4.78 is 16.3. The van der Waals surface area contributed by atoms with Gasteiger partial charge in [0.2, 0.25) is 0 Å². The summed E-state index contributed by atoms with van der Waals surface area (Å²) in [6, 6.07) is 22.8. The van der Waals surface area contributed by atoms with Gasteiger partial charge in [-0.05, 0) is 64.9 Å². The highest BCUT2D eigenvalue weighted by atomic mass is 35.5. The van der Waals surface area contributed by atoms with Gasteiger partial charge in [-0.2, -0.15) is 5.10 Å². The third-order valence-electron chi connectivity index (χ3n) is 5.04. The van der Waals surface area contributed by atoms with Crippen molar-refractivity contribution in [1.29, 1.82) is 0 Å². The third kappa shape index (κ3) is 6.33. The summed E-state index contributed by atoms with van der Waals surface area (Å²) in [5.41, 5.74) is 3.18. The lowest BCUT2D eigenvalue weighted by atomic mass is 10.1. The van der Waals surface area contributed by atoms with Crippen LogP contribution in [0.5, 0.6) is 17.2 Å². The van der Waals surface area contributed by atoms with Crippen molar-refractivity contribution in [3.63, 3.8) is 0 Å². The van der Waals surface area contributed by atoms with Crippen molar-refractivity contribution in [3.05, 3.63) is 100 Å². The Kier molecular flexibility index (Phi) is 8.05. The molecule has 0 aliphatic carbocycles. The van der Waals surface area contributed by atoms with E-state index in [1.807, 2.05) is 36.4 Å². The number of amides is 1. The lowest BCUT2D eigenvalue weighted by Crippen LogP contribution is -2.24. The molecule has 0 fully saturated rings. The molecule has 1 N–H and O–H groups in total. The van der Waals surface area contributed by atoms with Crippen LogP contribution in [0.3, 0.4) is 0 Å². The van der Waals surface area contributed by atoms with E-state index < -0.39 is 11.9 Å². The molecule has 0 spiro atoms. The zero-order chi connectivity index (χ0) is 25.5. The van der Waals surface area contributed by atoms with Gasteiger partial charge in [-0.1, -0.05) is 53.5 Å². The first-order valence-electron chi connectivity index (χ1n) is 10.7. The summed E-state index contributed by atoms with van der Waals surface area (Å²) in [5, 5.41) is 6.63. The van der Waals surface area contributed by atoms with Gasteiger partial charge in [0, 0.05) is 5.02 Å². The van der Waals surface area contributed by atoms with Gasteiger partial charge in [0.15, 0.2) is 18.1 Å². The molecule has 0 unspecified atom stereocenters. The molecule has 36 heavy (non-hydrogen) atoms. The summed E-state index contributed by atoms with van der Waals surface area (Å²) in [5.74, 6) is -0.00347. The quantitative estimate of drug-likeness (QED) is 0.135. The minimum absolute atomic E-state index is 0.169. The highest BCUT2D eigenvalue weighted by molar-refractivity contribution is 6.36. The number of nitrogens with one attached hydrogen (secondary N) is 1. The van der Waals surface area contributed by atoms with E-state index in [0.29, 0.717) is 22.1 Å². The van der Waals surface area contributed by atoms with Gasteiger partial charge in [-0.3, -0.25) is 4.79 Å². The number of methoxy groups -OCH3 is 1. The average Bonchev–Trinajstić information content (AvgIpc) is 2.88. The molecule has 0 aromatic heterocycles. The van der Waals surface area contributed by atoms with Crippen LogP contribution in [0.25, 0.3) is 10.8 Å². The summed E-state index contributed by atoms with van der Waals surface area (Å²) in [4.78, 5) is 24.6. The van der Waals surface area contributed by atoms with Crippen molar-refractivity contribution >= 4 is 52.1 Å². The normalized spacial score (nSPS) is 10.9. The monoisotopic (exact) mass is 522 g/mol. The Hall–Kier alpha value is -4.07. The number of ether oxygens (including phenoxy) is 3. The van der Waals surface area contributed by atoms with Gasteiger partial charge in [0.1, 0.15) is 5.75 Å². The number of nitrogens with zero attached hydrogens (tertiary/aromatic N) is 1. The fourth-order valence-corrected chi connectivity index (χ4v) is 3.76. The Morgan fingerprint density at radius 2 is 1.72 bits per heavy atom. The van der Waals surface area contributed by atoms with Gasteiger partial charge >= 0.3 is 5.97 Å². The van der Waals surface area contributed by atoms with Crippen LogP contribution in [-0.4, -0.2) is 31.8 Å². The number of benzene rings is 4. The number of carbonyl (C=O) groups excluding carboxylic acids is 2. The average molecular weight is 523 g/mol. The van der Waals surface area contributed by atoms with Crippen molar-refractivity contribution < 1.29 is 23.8 Å². The largest absolute Gasteiger partial charge is 0.493 e. The molecule has 4 rings (SSSR count). The van der Waals surface area contributed by atoms with Crippen LogP contribution in [-0.2, 0) is 4.79 Å². The second-order valence-corrected chi connectivity index (χ2v) is 8.36. The zero-order valence-corrected chi connectivity index (χ0v) is 20.5. The van der Waals surface area contributed by atoms with Gasteiger partial charge in [-0.15, -0.1) is 0 Å². The molecule has 0 aliphatic heterocycles. The summed E-state index contributed by atoms with van der Waals surface area (Å²) in [7, 11) is 1.44. The maximum Gasteiger partial charge on any atom is 0.345 e. The van der Waals surface area contributed by atoms with Crippen LogP contribution in [0.1, 0.15) is 15.9 Å². The Balaban J connectivity index is 1.33. The fourth-order valence-electron chi connectivity index (χ4n) is 3.28. The maximum atomic E-state index is 12.5. The lowest BCUT2D eigenvalue weighted by molar-refractivity contribution is -0.123. The molecule has 0 aliphatic rings. The SMILES string of the molecule is COc1cc(/C=N/NC(=O)COc2ccc3ccccc3c2)ccc1OC(=O)c1ccc(Cl)cc1Cl. The molecule has 182 valence electrons. The van der Waals surface area contributed by atoms with E-state index in [-0.39, 0.29) is 22.9 Å². The Morgan fingerprint density at radius 1 is 0.917 bits per heavy atom. The molecular formula is C27H20Cl2N2O5. The van der Waals surface area contributed by atoms with Crippen LogP contribution < -0.4 is 19.6 Å². The Morgan fingerprint density at radius 3 is 2.50 bits per heavy atom. The van der Waals surface area contributed by atoms with E-state index >= 15 is 0 Å². The highest BCUT2D eigenvalue weighted by Gasteiger charge is 2.16. The second-order valence-electron chi connectivity index (χ2n) is 7.51. The maximum absolute atomic E-state index is 12.5. The molecule has 0 heterocycles. The number of fused-ring (bicyclic) bond motifs is 1. The van der Waals surface area contributed by atoms with Crippen molar-refractivity contribution in [2.24, 2.45) is 5.10 Å². The molecule has 4 aromatic rings. The van der Waals surface area contributed by atoms with Crippen molar-refractivity contribution in [1.82, 2.24) is 5.43 Å². The van der Waals surface area contributed by atoms with E-state index in [4.69, 9.17) is 37.4 Å². The van der Waals surface area contributed by atoms with E-state index in [1.165, 1.54) is 25.5 Å². The van der Waals surface area contributed by atoms with E-state index in [2.05, 4.69) is 10.5 Å². The van der Waals surface area contributed by atoms with Crippen molar-refractivity contribution in [2.45, 2.75) is 0 Å². The highest BCUT2D eigenvalue weighted by Crippen LogP contribution is 2.30. The predicted octanol–water partition coefficient (Wildman–Crippen LogP) is 5.90. The number of carbonyl (C=O) groups is 2. The molecular weight excluding hydrogens is 503 g/mol. The minimum atomic E-state index is -0.657. The molecule has 4 aromatic carbocycles. The first-order valence-corrected chi connectivity index (χ1v) is 11.5. The molecule has 1 amide bonds. The molecule has 0 atom stereocenters.